The van der Waals surface area contributed by atoms with Gasteiger partial charge in [-0.15, -0.1) is 0 Å². The van der Waals surface area contributed by atoms with E-state index < -0.39 is 0 Å². The van der Waals surface area contributed by atoms with E-state index in [9.17, 15) is 0 Å². The van der Waals surface area contributed by atoms with Crippen molar-refractivity contribution in [2.75, 3.05) is 12.8 Å². The molecule has 0 unspecified atom stereocenters. The van der Waals surface area contributed by atoms with Gasteiger partial charge in [0.25, 0.3) is 0 Å². The number of nitrogens with two attached hydrogens (primary N) is 1. The van der Waals surface area contributed by atoms with Gasteiger partial charge >= 0.3 is 0 Å². The van der Waals surface area contributed by atoms with Crippen molar-refractivity contribution >= 4 is 16.6 Å². The first-order valence-corrected chi connectivity index (χ1v) is 6.94. The Labute approximate surface area is 124 Å². The smallest absolute Gasteiger partial charge is 0.128 e. The average Bonchev–Trinajstić information content (AvgIpc) is 2.87. The molecule has 3 aromatic rings. The first-order valence-electron chi connectivity index (χ1n) is 6.94. The van der Waals surface area contributed by atoms with Gasteiger partial charge in [-0.2, -0.15) is 0 Å². The monoisotopic (exact) mass is 281 g/mol. The fraction of sp³-hybridized carbons (Fsp3) is 0.235. The molecule has 108 valence electrons. The third-order valence-electron chi connectivity index (χ3n) is 3.89. The number of hydrogen-bond acceptors (Lipinski definition) is 3. The van der Waals surface area contributed by atoms with Gasteiger partial charge in [-0.3, -0.25) is 4.98 Å². The fourth-order valence-corrected chi connectivity index (χ4v) is 2.81. The highest BCUT2D eigenvalue weighted by Crippen LogP contribution is 2.27. The molecular formula is C17H19N3O. The molecule has 0 amide bonds. The van der Waals surface area contributed by atoms with Crippen molar-refractivity contribution < 1.29 is 4.74 Å². The van der Waals surface area contributed by atoms with Crippen LogP contribution in [0.2, 0.25) is 0 Å². The first kappa shape index (κ1) is 13.5. The van der Waals surface area contributed by atoms with Crippen molar-refractivity contribution in [2.24, 2.45) is 0 Å². The van der Waals surface area contributed by atoms with Crippen LogP contribution >= 0.6 is 0 Å². The number of ether oxygens (including phenoxy) is 1. The molecule has 2 N–H and O–H groups in total. The third-order valence-corrected chi connectivity index (χ3v) is 3.89. The Morgan fingerprint density at radius 1 is 1.24 bits per heavy atom. The van der Waals surface area contributed by atoms with Crippen molar-refractivity contribution in [1.82, 2.24) is 9.55 Å². The van der Waals surface area contributed by atoms with E-state index in [2.05, 4.69) is 27.9 Å². The van der Waals surface area contributed by atoms with Crippen molar-refractivity contribution in [1.29, 1.82) is 0 Å². The Morgan fingerprint density at radius 2 is 2.05 bits per heavy atom. The van der Waals surface area contributed by atoms with Crippen LogP contribution in [-0.2, 0) is 6.54 Å². The molecule has 3 rings (SSSR count). The van der Waals surface area contributed by atoms with Gasteiger partial charge in [0.2, 0.25) is 0 Å². The zero-order chi connectivity index (χ0) is 15.0. The second kappa shape index (κ2) is 5.13. The molecule has 0 bridgehead atoms. The Balaban J connectivity index is 2.07. The summed E-state index contributed by atoms with van der Waals surface area (Å²) in [4.78, 5) is 4.56. The number of benzene rings is 1. The second-order valence-electron chi connectivity index (χ2n) is 5.27. The molecule has 2 heterocycles. The number of nitrogen functional groups attached to an aromatic ring is 1. The number of fused-ring (bicyclic) bond motifs is 1. The summed E-state index contributed by atoms with van der Waals surface area (Å²) in [5.41, 5.74) is 11.1. The van der Waals surface area contributed by atoms with Crippen LogP contribution < -0.4 is 10.5 Å². The van der Waals surface area contributed by atoms with E-state index in [1.807, 2.05) is 32.2 Å². The van der Waals surface area contributed by atoms with Crippen molar-refractivity contribution in [3.05, 3.63) is 53.5 Å². The molecule has 0 saturated heterocycles. The van der Waals surface area contributed by atoms with Crippen molar-refractivity contribution in [3.8, 4) is 5.75 Å². The number of methoxy groups -OCH3 is 1. The van der Waals surface area contributed by atoms with Crippen molar-refractivity contribution in [3.63, 3.8) is 0 Å². The normalized spacial score (nSPS) is 11.0. The van der Waals surface area contributed by atoms with E-state index in [0.29, 0.717) is 6.54 Å². The number of nitrogens with zero attached hydrogens (tertiary/aromatic N) is 2. The molecule has 21 heavy (non-hydrogen) atoms. The molecule has 1 aromatic carbocycles. The van der Waals surface area contributed by atoms with Crippen molar-refractivity contribution in [2.45, 2.75) is 20.4 Å². The Morgan fingerprint density at radius 3 is 2.81 bits per heavy atom. The number of aryl methyl sites for hydroxylation is 1. The van der Waals surface area contributed by atoms with Crippen LogP contribution in [0, 0.1) is 13.8 Å². The lowest BCUT2D eigenvalue weighted by atomic mass is 10.1. The molecule has 4 heteroatoms. The van der Waals surface area contributed by atoms with Crippen LogP contribution in [0.5, 0.6) is 5.75 Å². The Hall–Kier alpha value is -2.49. The topological polar surface area (TPSA) is 53.1 Å². The van der Waals surface area contributed by atoms with Gasteiger partial charge in [0.05, 0.1) is 30.6 Å². The molecule has 2 aromatic heterocycles. The number of anilines is 1. The van der Waals surface area contributed by atoms with Crippen LogP contribution in [0.25, 0.3) is 10.9 Å². The third kappa shape index (κ3) is 2.23. The number of aromatic nitrogens is 2. The van der Waals surface area contributed by atoms with E-state index >= 15 is 0 Å². The number of pyridine rings is 1. The molecule has 0 spiro atoms. The van der Waals surface area contributed by atoms with Gasteiger partial charge in [0, 0.05) is 28.9 Å². The average molecular weight is 281 g/mol. The summed E-state index contributed by atoms with van der Waals surface area (Å²) >= 11 is 0. The van der Waals surface area contributed by atoms with Crippen LogP contribution in [0.1, 0.15) is 16.8 Å². The molecule has 0 aliphatic rings. The molecule has 0 atom stereocenters. The van der Waals surface area contributed by atoms with E-state index in [0.717, 1.165) is 39.2 Å². The minimum Gasteiger partial charge on any atom is -0.496 e. The fourth-order valence-electron chi connectivity index (χ4n) is 2.81. The van der Waals surface area contributed by atoms with Gasteiger partial charge in [0.15, 0.2) is 0 Å². The van der Waals surface area contributed by atoms with E-state index in [1.165, 1.54) is 0 Å². The lowest BCUT2D eigenvalue weighted by Gasteiger charge is -2.13. The maximum atomic E-state index is 6.11. The molecule has 0 saturated carbocycles. The molecule has 4 nitrogen and oxygen atoms in total. The summed E-state index contributed by atoms with van der Waals surface area (Å²) in [6.07, 6.45) is 3.91. The van der Waals surface area contributed by atoms with Gasteiger partial charge in [0.1, 0.15) is 5.75 Å². The summed E-state index contributed by atoms with van der Waals surface area (Å²) in [7, 11) is 1.70. The first-order chi connectivity index (χ1) is 10.1. The molecule has 0 fully saturated rings. The zero-order valence-electron chi connectivity index (χ0n) is 12.6. The van der Waals surface area contributed by atoms with Gasteiger partial charge in [-0.1, -0.05) is 12.1 Å². The van der Waals surface area contributed by atoms with Crippen LogP contribution in [0.3, 0.4) is 0 Å². The summed E-state index contributed by atoms with van der Waals surface area (Å²) in [5, 5.41) is 1.15. The summed E-state index contributed by atoms with van der Waals surface area (Å²) in [6.45, 7) is 4.73. The minimum absolute atomic E-state index is 0.681. The van der Waals surface area contributed by atoms with E-state index in [4.69, 9.17) is 10.5 Å². The number of rotatable bonds is 3. The quantitative estimate of drug-likeness (QED) is 0.749. The predicted molar refractivity (Wildman–Crippen MR) is 85.7 cm³/mol. The summed E-state index contributed by atoms with van der Waals surface area (Å²) in [6, 6.07) is 8.04. The molecule has 0 aliphatic heterocycles. The lowest BCUT2D eigenvalue weighted by molar-refractivity contribution is 0.406. The minimum atomic E-state index is 0.681. The predicted octanol–water partition coefficient (Wildman–Crippen LogP) is 3.29. The number of hydrogen-bond donors (Lipinski definition) is 1. The van der Waals surface area contributed by atoms with Crippen LogP contribution in [0.4, 0.5) is 5.69 Å². The highest BCUT2D eigenvalue weighted by molar-refractivity contribution is 5.90. The maximum absolute atomic E-state index is 6.11. The SMILES string of the molecule is COc1c(C)cnc(Cn2ccc3cccc(N)c32)c1C. The number of para-hydroxylation sites is 1. The molecule has 0 radical (unpaired) electrons. The standard InChI is InChI=1S/C17H19N3O/c1-11-9-19-15(12(2)17(11)21-3)10-20-8-7-13-5-4-6-14(18)16(13)20/h4-9H,10,18H2,1-3H3. The van der Waals surface area contributed by atoms with E-state index in [1.54, 1.807) is 7.11 Å². The van der Waals surface area contributed by atoms with E-state index in [-0.39, 0.29) is 0 Å². The van der Waals surface area contributed by atoms with Gasteiger partial charge < -0.3 is 15.0 Å². The summed E-state index contributed by atoms with van der Waals surface area (Å²) < 4.78 is 7.61. The Bertz CT molecular complexity index is 805. The van der Waals surface area contributed by atoms with Gasteiger partial charge in [-0.25, -0.2) is 0 Å². The summed E-state index contributed by atoms with van der Waals surface area (Å²) in [5.74, 6) is 0.907. The molecular weight excluding hydrogens is 262 g/mol. The Kier molecular flexibility index (Phi) is 3.29. The molecule has 0 aliphatic carbocycles. The van der Waals surface area contributed by atoms with Crippen LogP contribution in [-0.4, -0.2) is 16.7 Å². The van der Waals surface area contributed by atoms with Crippen LogP contribution in [0.15, 0.2) is 36.7 Å². The highest BCUT2D eigenvalue weighted by Gasteiger charge is 2.11. The zero-order valence-corrected chi connectivity index (χ0v) is 12.6. The lowest BCUT2D eigenvalue weighted by Crippen LogP contribution is -2.06. The van der Waals surface area contributed by atoms with Gasteiger partial charge in [-0.05, 0) is 26.0 Å². The maximum Gasteiger partial charge on any atom is 0.128 e. The largest absolute Gasteiger partial charge is 0.496 e. The second-order valence-corrected chi connectivity index (χ2v) is 5.27. The highest BCUT2D eigenvalue weighted by atomic mass is 16.5.